The van der Waals surface area contributed by atoms with Crippen LogP contribution in [-0.4, -0.2) is 11.3 Å². The number of alkyl halides is 6. The molecule has 0 fully saturated rings. The van der Waals surface area contributed by atoms with Gasteiger partial charge in [0.1, 0.15) is 5.69 Å². The van der Waals surface area contributed by atoms with Crippen molar-refractivity contribution in [2.45, 2.75) is 12.4 Å². The maximum absolute atomic E-state index is 13.3. The molecule has 2 aromatic carbocycles. The van der Waals surface area contributed by atoms with Gasteiger partial charge in [-0.1, -0.05) is 36.4 Å². The average Bonchev–Trinajstić information content (AvgIpc) is 2.66. The van der Waals surface area contributed by atoms with Gasteiger partial charge in [0, 0.05) is 11.1 Å². The van der Waals surface area contributed by atoms with E-state index in [1.54, 1.807) is 0 Å². The number of pyridine rings is 1. The van der Waals surface area contributed by atoms with Crippen molar-refractivity contribution < 1.29 is 31.1 Å². The van der Waals surface area contributed by atoms with Crippen molar-refractivity contribution in [3.05, 3.63) is 77.5 Å². The van der Waals surface area contributed by atoms with Gasteiger partial charge in [0.15, 0.2) is 6.29 Å². The van der Waals surface area contributed by atoms with Gasteiger partial charge >= 0.3 is 12.4 Å². The smallest absolute Gasteiger partial charge is 0.296 e. The molecule has 1 aromatic heterocycles. The van der Waals surface area contributed by atoms with E-state index in [1.165, 1.54) is 48.5 Å². The normalized spacial score (nSPS) is 12.1. The van der Waals surface area contributed by atoms with E-state index in [0.29, 0.717) is 0 Å². The molecule has 0 aliphatic rings. The summed E-state index contributed by atoms with van der Waals surface area (Å²) in [6, 6.07) is 11.6. The molecule has 8 heteroatoms. The molecule has 0 N–H and O–H groups in total. The van der Waals surface area contributed by atoms with Gasteiger partial charge in [-0.15, -0.1) is 0 Å². The Hall–Kier alpha value is -3.16. The molecule has 0 bridgehead atoms. The van der Waals surface area contributed by atoms with E-state index in [2.05, 4.69) is 4.98 Å². The van der Waals surface area contributed by atoms with E-state index in [0.717, 1.165) is 12.1 Å². The molecule has 0 atom stereocenters. The third-order valence-corrected chi connectivity index (χ3v) is 4.07. The quantitative estimate of drug-likeness (QED) is 0.387. The first-order valence-electron chi connectivity index (χ1n) is 7.92. The van der Waals surface area contributed by atoms with Crippen LogP contribution in [-0.2, 0) is 12.4 Å². The molecule has 0 unspecified atom stereocenters. The van der Waals surface area contributed by atoms with Gasteiger partial charge in [-0.2, -0.15) is 26.3 Å². The minimum absolute atomic E-state index is 0.115. The second kappa shape index (κ2) is 7.10. The molecule has 0 radical (unpaired) electrons. The lowest BCUT2D eigenvalue weighted by Crippen LogP contribution is -2.09. The predicted octanol–water partition coefficient (Wildman–Crippen LogP) is 6.27. The van der Waals surface area contributed by atoms with Crippen molar-refractivity contribution in [3.8, 4) is 22.4 Å². The molecule has 0 saturated heterocycles. The highest BCUT2D eigenvalue weighted by Crippen LogP contribution is 2.39. The van der Waals surface area contributed by atoms with Gasteiger partial charge in [-0.05, 0) is 29.8 Å². The lowest BCUT2D eigenvalue weighted by molar-refractivity contribution is -0.137. The van der Waals surface area contributed by atoms with E-state index >= 15 is 0 Å². The van der Waals surface area contributed by atoms with Crippen molar-refractivity contribution >= 4 is 6.29 Å². The van der Waals surface area contributed by atoms with Gasteiger partial charge in [0.2, 0.25) is 0 Å². The molecule has 0 spiro atoms. The van der Waals surface area contributed by atoms with Crippen LogP contribution in [0.3, 0.4) is 0 Å². The zero-order chi connectivity index (χ0) is 20.5. The summed E-state index contributed by atoms with van der Waals surface area (Å²) < 4.78 is 79.5. The lowest BCUT2D eigenvalue weighted by atomic mass is 9.96. The van der Waals surface area contributed by atoms with Crippen LogP contribution in [0.2, 0.25) is 0 Å². The second-order valence-corrected chi connectivity index (χ2v) is 5.83. The van der Waals surface area contributed by atoms with Crippen LogP contribution in [0.5, 0.6) is 0 Å². The first-order valence-corrected chi connectivity index (χ1v) is 7.92. The van der Waals surface area contributed by atoms with Crippen molar-refractivity contribution in [1.82, 2.24) is 4.98 Å². The zero-order valence-electron chi connectivity index (χ0n) is 14.0. The molecule has 0 aliphatic carbocycles. The number of carbonyl (C=O) groups excluding carboxylic acids is 1. The van der Waals surface area contributed by atoms with Crippen LogP contribution < -0.4 is 0 Å². The molecule has 144 valence electrons. The summed E-state index contributed by atoms with van der Waals surface area (Å²) in [5.74, 6) is 0. The fourth-order valence-corrected chi connectivity index (χ4v) is 2.86. The monoisotopic (exact) mass is 395 g/mol. The van der Waals surface area contributed by atoms with Crippen molar-refractivity contribution in [3.63, 3.8) is 0 Å². The molecule has 2 nitrogen and oxygen atoms in total. The van der Waals surface area contributed by atoms with Gasteiger partial charge in [0.05, 0.1) is 16.8 Å². The molecule has 1 heterocycles. The standard InChI is InChI=1S/C20H11F6NO/c21-19(22,23)15-7-3-1-5-12(15)13-9-10-17(27-18(13)11-28)14-6-2-4-8-16(14)20(24,25)26/h1-11H. The largest absolute Gasteiger partial charge is 0.417 e. The van der Waals surface area contributed by atoms with Crippen LogP contribution in [0.1, 0.15) is 21.6 Å². The number of hydrogen-bond donors (Lipinski definition) is 0. The molecular formula is C20H11F6NO. The summed E-state index contributed by atoms with van der Waals surface area (Å²) in [6.07, 6.45) is -9.10. The van der Waals surface area contributed by atoms with E-state index < -0.39 is 23.5 Å². The molecule has 3 aromatic rings. The number of benzene rings is 2. The number of rotatable bonds is 3. The van der Waals surface area contributed by atoms with Gasteiger partial charge in [0.25, 0.3) is 0 Å². The Bertz CT molecular complexity index is 1020. The highest BCUT2D eigenvalue weighted by molar-refractivity contribution is 5.88. The van der Waals surface area contributed by atoms with Gasteiger partial charge < -0.3 is 0 Å². The van der Waals surface area contributed by atoms with Crippen LogP contribution in [0.4, 0.5) is 26.3 Å². The van der Waals surface area contributed by atoms with Gasteiger partial charge in [-0.3, -0.25) is 4.79 Å². The predicted molar refractivity (Wildman–Crippen MR) is 90.5 cm³/mol. The van der Waals surface area contributed by atoms with Crippen molar-refractivity contribution in [1.29, 1.82) is 0 Å². The molecule has 0 amide bonds. The minimum atomic E-state index is -4.67. The summed E-state index contributed by atoms with van der Waals surface area (Å²) in [5.41, 5.74) is -3.13. The summed E-state index contributed by atoms with van der Waals surface area (Å²) in [5, 5.41) is 0. The lowest BCUT2D eigenvalue weighted by Gasteiger charge is -2.16. The average molecular weight is 395 g/mol. The fourth-order valence-electron chi connectivity index (χ4n) is 2.86. The number of aldehydes is 1. The maximum atomic E-state index is 13.3. The van der Waals surface area contributed by atoms with Crippen LogP contribution >= 0.6 is 0 Å². The Morgan fingerprint density at radius 3 is 1.68 bits per heavy atom. The highest BCUT2D eigenvalue weighted by atomic mass is 19.4. The fraction of sp³-hybridized carbons (Fsp3) is 0.100. The third-order valence-electron chi connectivity index (χ3n) is 4.07. The molecule has 0 saturated carbocycles. The second-order valence-electron chi connectivity index (χ2n) is 5.83. The Balaban J connectivity index is 2.19. The molecular weight excluding hydrogens is 384 g/mol. The zero-order valence-corrected chi connectivity index (χ0v) is 14.0. The Labute approximate surface area is 155 Å². The first-order chi connectivity index (χ1) is 13.1. The van der Waals surface area contributed by atoms with Crippen LogP contribution in [0.25, 0.3) is 22.4 Å². The van der Waals surface area contributed by atoms with E-state index in [1.807, 2.05) is 0 Å². The third kappa shape index (κ3) is 3.76. The Morgan fingerprint density at radius 1 is 0.643 bits per heavy atom. The van der Waals surface area contributed by atoms with Crippen molar-refractivity contribution in [2.75, 3.05) is 0 Å². The number of aromatic nitrogens is 1. The van der Waals surface area contributed by atoms with Gasteiger partial charge in [-0.25, -0.2) is 4.98 Å². The number of hydrogen-bond acceptors (Lipinski definition) is 2. The van der Waals surface area contributed by atoms with E-state index in [4.69, 9.17) is 0 Å². The SMILES string of the molecule is O=Cc1nc(-c2ccccc2C(F)(F)F)ccc1-c1ccccc1C(F)(F)F. The summed E-state index contributed by atoms with van der Waals surface area (Å²) in [6.45, 7) is 0. The number of nitrogens with zero attached hydrogens (tertiary/aromatic N) is 1. The van der Waals surface area contributed by atoms with Crippen molar-refractivity contribution in [2.24, 2.45) is 0 Å². The molecule has 28 heavy (non-hydrogen) atoms. The summed E-state index contributed by atoms with van der Waals surface area (Å²) in [4.78, 5) is 15.4. The van der Waals surface area contributed by atoms with E-state index in [9.17, 15) is 31.1 Å². The van der Waals surface area contributed by atoms with E-state index in [-0.39, 0.29) is 34.4 Å². The maximum Gasteiger partial charge on any atom is 0.417 e. The highest BCUT2D eigenvalue weighted by Gasteiger charge is 2.35. The van der Waals surface area contributed by atoms with Crippen LogP contribution in [0.15, 0.2) is 60.7 Å². The summed E-state index contributed by atoms with van der Waals surface area (Å²) >= 11 is 0. The Kier molecular flexibility index (Phi) is 4.97. The topological polar surface area (TPSA) is 30.0 Å². The first kappa shape index (κ1) is 19.6. The minimum Gasteiger partial charge on any atom is -0.296 e. The molecule has 0 aliphatic heterocycles. The Morgan fingerprint density at radius 2 is 1.14 bits per heavy atom. The van der Waals surface area contributed by atoms with Crippen LogP contribution in [0, 0.1) is 0 Å². The summed E-state index contributed by atoms with van der Waals surface area (Å²) in [7, 11) is 0. The number of carbonyl (C=O) groups is 1. The molecule has 3 rings (SSSR count). The number of halogens is 6.